The molecule has 0 radical (unpaired) electrons. The number of aromatic nitrogens is 4. The molecule has 6 nitrogen and oxygen atoms in total. The van der Waals surface area contributed by atoms with Crippen LogP contribution in [-0.2, 0) is 6.54 Å². The first kappa shape index (κ1) is 16.4. The van der Waals surface area contributed by atoms with Crippen LogP contribution < -0.4 is 5.73 Å². The zero-order valence-electron chi connectivity index (χ0n) is 13.5. The molecule has 0 saturated carbocycles. The predicted octanol–water partition coefficient (Wildman–Crippen LogP) is 2.67. The lowest BCUT2D eigenvalue weighted by Gasteiger charge is -2.05. The Kier molecular flexibility index (Phi) is 5.08. The van der Waals surface area contributed by atoms with Gasteiger partial charge >= 0.3 is 0 Å². The van der Waals surface area contributed by atoms with E-state index in [-0.39, 0.29) is 6.61 Å². The molecule has 0 aliphatic carbocycles. The van der Waals surface area contributed by atoms with Crippen molar-refractivity contribution in [2.45, 2.75) is 32.7 Å². The Morgan fingerprint density at radius 1 is 1.33 bits per heavy atom. The minimum absolute atomic E-state index is 0.00868. The van der Waals surface area contributed by atoms with Gasteiger partial charge in [0.2, 0.25) is 5.82 Å². The van der Waals surface area contributed by atoms with Crippen molar-refractivity contribution in [3.05, 3.63) is 23.3 Å². The zero-order valence-corrected chi connectivity index (χ0v) is 14.3. The Balaban J connectivity index is 2.10. The van der Waals surface area contributed by atoms with E-state index in [2.05, 4.69) is 33.7 Å². The fraction of sp³-hybridized carbons (Fsp3) is 0.353. The predicted molar refractivity (Wildman–Crippen MR) is 96.5 cm³/mol. The van der Waals surface area contributed by atoms with E-state index in [9.17, 15) is 5.11 Å². The fourth-order valence-corrected chi connectivity index (χ4v) is 3.11. The Hall–Kier alpha value is -2.43. The van der Waals surface area contributed by atoms with Gasteiger partial charge in [0.25, 0.3) is 0 Å². The van der Waals surface area contributed by atoms with Crippen molar-refractivity contribution in [1.82, 2.24) is 19.5 Å². The summed E-state index contributed by atoms with van der Waals surface area (Å²) in [4.78, 5) is 14.3. The smallest absolute Gasteiger partial charge is 0.208 e. The highest BCUT2D eigenvalue weighted by atomic mass is 32.1. The molecule has 3 N–H and O–H groups in total. The summed E-state index contributed by atoms with van der Waals surface area (Å²) < 4.78 is 1.87. The van der Waals surface area contributed by atoms with Gasteiger partial charge < -0.3 is 15.4 Å². The lowest BCUT2D eigenvalue weighted by atomic mass is 10.2. The standard InChI is InChI=1S/C17H19N5OS/c1-2-3-4-5-8-13-19-15(18)14-17(20-13)22(9-10-23)16(21-14)12-7-6-11-24-12/h6-7,11,23H,2-4,9-10H2,1H3,(H2,18,19,20). The van der Waals surface area contributed by atoms with Crippen LogP contribution in [0.25, 0.3) is 21.9 Å². The van der Waals surface area contributed by atoms with E-state index in [0.717, 1.165) is 30.0 Å². The van der Waals surface area contributed by atoms with Gasteiger partial charge in [0.1, 0.15) is 0 Å². The summed E-state index contributed by atoms with van der Waals surface area (Å²) in [6.07, 6.45) is 2.97. The number of unbranched alkanes of at least 4 members (excludes halogenated alkanes) is 2. The molecule has 3 aromatic rings. The van der Waals surface area contributed by atoms with Gasteiger partial charge in [-0.2, -0.15) is 0 Å². The Bertz CT molecular complexity index is 889. The van der Waals surface area contributed by atoms with Crippen molar-refractivity contribution in [3.8, 4) is 22.5 Å². The van der Waals surface area contributed by atoms with E-state index in [1.165, 1.54) is 0 Å². The molecule has 7 heteroatoms. The topological polar surface area (TPSA) is 89.8 Å². The number of hydrogen-bond acceptors (Lipinski definition) is 6. The number of fused-ring (bicyclic) bond motifs is 1. The van der Waals surface area contributed by atoms with Crippen molar-refractivity contribution in [2.75, 3.05) is 12.3 Å². The summed E-state index contributed by atoms with van der Waals surface area (Å²) in [6.45, 7) is 2.51. The van der Waals surface area contributed by atoms with Gasteiger partial charge in [-0.25, -0.2) is 15.0 Å². The van der Waals surface area contributed by atoms with Gasteiger partial charge in [0.15, 0.2) is 22.8 Å². The molecule has 0 aliphatic heterocycles. The molecule has 124 valence electrons. The molecular weight excluding hydrogens is 322 g/mol. The lowest BCUT2D eigenvalue weighted by Crippen LogP contribution is -2.06. The maximum atomic E-state index is 9.41. The van der Waals surface area contributed by atoms with E-state index < -0.39 is 0 Å². The number of rotatable bonds is 5. The second kappa shape index (κ2) is 7.43. The monoisotopic (exact) mass is 341 g/mol. The van der Waals surface area contributed by atoms with Crippen LogP contribution in [0.15, 0.2) is 17.5 Å². The number of thiophene rings is 1. The van der Waals surface area contributed by atoms with Crippen molar-refractivity contribution >= 4 is 28.3 Å². The molecule has 0 unspecified atom stereocenters. The fourth-order valence-electron chi connectivity index (χ4n) is 2.39. The normalized spacial score (nSPS) is 10.8. The first-order valence-corrected chi connectivity index (χ1v) is 8.80. The second-order valence-corrected chi connectivity index (χ2v) is 6.25. The van der Waals surface area contributed by atoms with Gasteiger partial charge in [-0.1, -0.05) is 25.3 Å². The summed E-state index contributed by atoms with van der Waals surface area (Å²) in [5.41, 5.74) is 7.22. The van der Waals surface area contributed by atoms with E-state index in [1.54, 1.807) is 11.3 Å². The Morgan fingerprint density at radius 3 is 2.92 bits per heavy atom. The van der Waals surface area contributed by atoms with E-state index in [0.29, 0.717) is 29.4 Å². The highest BCUT2D eigenvalue weighted by molar-refractivity contribution is 7.13. The minimum atomic E-state index is -0.00868. The van der Waals surface area contributed by atoms with Gasteiger partial charge in [0, 0.05) is 13.0 Å². The quantitative estimate of drug-likeness (QED) is 0.550. The van der Waals surface area contributed by atoms with Crippen LogP contribution >= 0.6 is 11.3 Å². The summed E-state index contributed by atoms with van der Waals surface area (Å²) in [7, 11) is 0. The first-order chi connectivity index (χ1) is 11.7. The second-order valence-electron chi connectivity index (χ2n) is 5.30. The SMILES string of the molecule is CCCCC#Cc1nc(N)c2nc(-c3cccs3)n(CCO)c2n1. The molecule has 24 heavy (non-hydrogen) atoms. The molecule has 0 bridgehead atoms. The minimum Gasteiger partial charge on any atom is -0.395 e. The van der Waals surface area contributed by atoms with Crippen LogP contribution in [0.5, 0.6) is 0 Å². The van der Waals surface area contributed by atoms with Crippen LogP contribution in [0, 0.1) is 11.8 Å². The number of nitrogens with zero attached hydrogens (tertiary/aromatic N) is 4. The summed E-state index contributed by atoms with van der Waals surface area (Å²) in [6, 6.07) is 3.94. The van der Waals surface area contributed by atoms with Crippen LogP contribution in [0.1, 0.15) is 32.0 Å². The number of aliphatic hydroxyl groups excluding tert-OH is 1. The molecule has 0 aromatic carbocycles. The van der Waals surface area contributed by atoms with Crippen molar-refractivity contribution in [2.24, 2.45) is 0 Å². The summed E-state index contributed by atoms with van der Waals surface area (Å²) in [5, 5.41) is 11.4. The zero-order chi connectivity index (χ0) is 16.9. The van der Waals surface area contributed by atoms with Gasteiger partial charge in [-0.05, 0) is 23.8 Å². The Labute approximate surface area is 144 Å². The number of anilines is 1. The van der Waals surface area contributed by atoms with Gasteiger partial charge in [-0.3, -0.25) is 0 Å². The van der Waals surface area contributed by atoms with Gasteiger partial charge in [-0.15, -0.1) is 11.3 Å². The molecule has 0 fully saturated rings. The Morgan fingerprint density at radius 2 is 2.21 bits per heavy atom. The molecule has 0 aliphatic rings. The summed E-state index contributed by atoms with van der Waals surface area (Å²) in [5.74, 6) is 7.50. The average Bonchev–Trinajstić information content (AvgIpc) is 3.21. The van der Waals surface area contributed by atoms with E-state index in [4.69, 9.17) is 5.73 Å². The number of nitrogens with two attached hydrogens (primary N) is 1. The number of imidazole rings is 1. The molecule has 0 spiro atoms. The van der Waals surface area contributed by atoms with E-state index in [1.807, 2.05) is 22.1 Å². The number of aliphatic hydroxyl groups is 1. The molecule has 0 atom stereocenters. The van der Waals surface area contributed by atoms with Crippen molar-refractivity contribution in [1.29, 1.82) is 0 Å². The van der Waals surface area contributed by atoms with Crippen molar-refractivity contribution in [3.63, 3.8) is 0 Å². The maximum absolute atomic E-state index is 9.41. The van der Waals surface area contributed by atoms with Gasteiger partial charge in [0.05, 0.1) is 11.5 Å². The maximum Gasteiger partial charge on any atom is 0.208 e. The molecule has 3 aromatic heterocycles. The highest BCUT2D eigenvalue weighted by Gasteiger charge is 2.17. The molecule has 3 rings (SSSR count). The van der Waals surface area contributed by atoms with Crippen molar-refractivity contribution < 1.29 is 5.11 Å². The lowest BCUT2D eigenvalue weighted by molar-refractivity contribution is 0.278. The first-order valence-electron chi connectivity index (χ1n) is 7.92. The van der Waals surface area contributed by atoms with Crippen LogP contribution in [-0.4, -0.2) is 31.2 Å². The van der Waals surface area contributed by atoms with Crippen LogP contribution in [0.4, 0.5) is 5.82 Å². The third-order valence-corrected chi connectivity index (χ3v) is 4.41. The molecule has 3 heterocycles. The van der Waals surface area contributed by atoms with Crippen LogP contribution in [0.2, 0.25) is 0 Å². The largest absolute Gasteiger partial charge is 0.395 e. The molecule has 0 amide bonds. The van der Waals surface area contributed by atoms with Crippen LogP contribution in [0.3, 0.4) is 0 Å². The third-order valence-electron chi connectivity index (χ3n) is 3.54. The number of hydrogen-bond donors (Lipinski definition) is 2. The van der Waals surface area contributed by atoms with E-state index >= 15 is 0 Å². The summed E-state index contributed by atoms with van der Waals surface area (Å²) >= 11 is 1.58. The highest BCUT2D eigenvalue weighted by Crippen LogP contribution is 2.29. The average molecular weight is 341 g/mol. The molecular formula is C17H19N5OS. The number of nitrogen functional groups attached to an aromatic ring is 1. The molecule has 0 saturated heterocycles. The third kappa shape index (κ3) is 3.25.